The van der Waals surface area contributed by atoms with Crippen molar-refractivity contribution < 1.29 is 0 Å². The molecule has 0 aromatic carbocycles. The minimum atomic E-state index is 0.352. The van der Waals surface area contributed by atoms with Crippen LogP contribution in [0.5, 0.6) is 0 Å². The van der Waals surface area contributed by atoms with Gasteiger partial charge in [-0.05, 0) is 12.8 Å². The van der Waals surface area contributed by atoms with E-state index in [2.05, 4.69) is 15.3 Å². The Hall–Kier alpha value is -1.36. The molecular formula is C9H15N5. The summed E-state index contributed by atoms with van der Waals surface area (Å²) in [5, 5.41) is 3.21. The van der Waals surface area contributed by atoms with Crippen molar-refractivity contribution in [2.45, 2.75) is 18.8 Å². The van der Waals surface area contributed by atoms with Gasteiger partial charge in [0.2, 0.25) is 5.95 Å². The molecule has 0 saturated heterocycles. The van der Waals surface area contributed by atoms with Crippen molar-refractivity contribution in [3.63, 3.8) is 0 Å². The Morgan fingerprint density at radius 3 is 2.93 bits per heavy atom. The molecule has 14 heavy (non-hydrogen) atoms. The van der Waals surface area contributed by atoms with E-state index in [1.165, 1.54) is 12.8 Å². The first-order chi connectivity index (χ1) is 6.81. The van der Waals surface area contributed by atoms with Crippen molar-refractivity contribution in [3.8, 4) is 0 Å². The summed E-state index contributed by atoms with van der Waals surface area (Å²) >= 11 is 0. The van der Waals surface area contributed by atoms with E-state index in [-0.39, 0.29) is 0 Å². The summed E-state index contributed by atoms with van der Waals surface area (Å²) < 4.78 is 0. The van der Waals surface area contributed by atoms with Gasteiger partial charge in [0.1, 0.15) is 0 Å². The average Bonchev–Trinajstić information content (AvgIpc) is 2.99. The van der Waals surface area contributed by atoms with Gasteiger partial charge in [-0.1, -0.05) is 0 Å². The Balaban J connectivity index is 2.19. The fourth-order valence-electron chi connectivity index (χ4n) is 1.42. The van der Waals surface area contributed by atoms with Crippen molar-refractivity contribution in [3.05, 3.63) is 11.9 Å². The Morgan fingerprint density at radius 2 is 2.29 bits per heavy atom. The van der Waals surface area contributed by atoms with Crippen molar-refractivity contribution in [1.29, 1.82) is 0 Å². The van der Waals surface area contributed by atoms with Crippen molar-refractivity contribution in [1.82, 2.24) is 9.97 Å². The monoisotopic (exact) mass is 193 g/mol. The number of nitrogen functional groups attached to an aromatic ring is 1. The number of rotatable bonds is 4. The van der Waals surface area contributed by atoms with E-state index in [1.807, 2.05) is 0 Å². The largest absolute Gasteiger partial charge is 0.381 e. The van der Waals surface area contributed by atoms with Crippen molar-refractivity contribution in [2.24, 2.45) is 5.73 Å². The molecule has 0 bridgehead atoms. The molecule has 76 valence electrons. The van der Waals surface area contributed by atoms with E-state index < -0.39 is 0 Å². The molecule has 0 atom stereocenters. The zero-order chi connectivity index (χ0) is 9.97. The third-order valence-electron chi connectivity index (χ3n) is 2.26. The molecule has 5 heteroatoms. The zero-order valence-corrected chi connectivity index (χ0v) is 8.03. The molecule has 1 heterocycles. The molecular weight excluding hydrogens is 178 g/mol. The fraction of sp³-hybridized carbons (Fsp3) is 0.556. The van der Waals surface area contributed by atoms with Gasteiger partial charge in [-0.25, -0.2) is 9.97 Å². The molecule has 2 rings (SSSR count). The van der Waals surface area contributed by atoms with Gasteiger partial charge < -0.3 is 16.8 Å². The van der Waals surface area contributed by atoms with E-state index in [0.717, 1.165) is 17.9 Å². The van der Waals surface area contributed by atoms with Crippen LogP contribution in [0.2, 0.25) is 0 Å². The summed E-state index contributed by atoms with van der Waals surface area (Å²) in [6.45, 7) is 1.35. The molecule has 1 fully saturated rings. The number of nitrogens with zero attached hydrogens (tertiary/aromatic N) is 2. The van der Waals surface area contributed by atoms with E-state index >= 15 is 0 Å². The normalized spacial score (nSPS) is 15.5. The van der Waals surface area contributed by atoms with Crippen LogP contribution in [0.15, 0.2) is 6.20 Å². The molecule has 1 saturated carbocycles. The molecule has 0 amide bonds. The number of anilines is 2. The van der Waals surface area contributed by atoms with Crippen molar-refractivity contribution >= 4 is 11.6 Å². The van der Waals surface area contributed by atoms with Gasteiger partial charge in [0.15, 0.2) is 0 Å². The molecule has 1 aromatic rings. The third-order valence-corrected chi connectivity index (χ3v) is 2.26. The van der Waals surface area contributed by atoms with Gasteiger partial charge in [-0.2, -0.15) is 0 Å². The number of nitrogens with one attached hydrogen (secondary N) is 1. The summed E-state index contributed by atoms with van der Waals surface area (Å²) in [6, 6.07) is 0. The molecule has 1 aromatic heterocycles. The average molecular weight is 193 g/mol. The highest BCUT2D eigenvalue weighted by Gasteiger charge is 2.28. The second-order valence-electron chi connectivity index (χ2n) is 3.52. The SMILES string of the molecule is NCCNc1cnc(N)nc1C1CC1. The van der Waals surface area contributed by atoms with Gasteiger partial charge in [0.05, 0.1) is 17.6 Å². The lowest BCUT2D eigenvalue weighted by Crippen LogP contribution is -2.15. The highest BCUT2D eigenvalue weighted by molar-refractivity contribution is 5.50. The molecule has 0 radical (unpaired) electrons. The maximum absolute atomic E-state index is 5.55. The first kappa shape index (κ1) is 9.21. The van der Waals surface area contributed by atoms with E-state index in [4.69, 9.17) is 11.5 Å². The number of hydrogen-bond donors (Lipinski definition) is 3. The molecule has 0 unspecified atom stereocenters. The summed E-state index contributed by atoms with van der Waals surface area (Å²) in [5.41, 5.74) is 13.0. The predicted molar refractivity (Wildman–Crippen MR) is 56.0 cm³/mol. The van der Waals surface area contributed by atoms with E-state index in [9.17, 15) is 0 Å². The molecule has 5 N–H and O–H groups in total. The standard InChI is InChI=1S/C9H15N5/c10-3-4-12-7-5-13-9(11)14-8(7)6-1-2-6/h5-6,12H,1-4,10H2,(H2,11,13,14). The van der Waals surface area contributed by atoms with Crippen LogP contribution >= 0.6 is 0 Å². The first-order valence-electron chi connectivity index (χ1n) is 4.87. The lowest BCUT2D eigenvalue weighted by Gasteiger charge is -2.09. The Labute approximate surface area is 82.9 Å². The van der Waals surface area contributed by atoms with Crippen molar-refractivity contribution in [2.75, 3.05) is 24.1 Å². The van der Waals surface area contributed by atoms with Crippen LogP contribution in [0.25, 0.3) is 0 Å². The van der Waals surface area contributed by atoms with Crippen LogP contribution in [0, 0.1) is 0 Å². The summed E-state index contributed by atoms with van der Waals surface area (Å²) in [4.78, 5) is 8.22. The maximum Gasteiger partial charge on any atom is 0.220 e. The predicted octanol–water partition coefficient (Wildman–Crippen LogP) is 0.307. The van der Waals surface area contributed by atoms with Gasteiger partial charge >= 0.3 is 0 Å². The maximum atomic E-state index is 5.55. The Bertz CT molecular complexity index is 321. The number of nitrogens with two attached hydrogens (primary N) is 2. The summed E-state index contributed by atoms with van der Waals surface area (Å²) in [6.07, 6.45) is 4.15. The van der Waals surface area contributed by atoms with Crippen LogP contribution in [-0.2, 0) is 0 Å². The van der Waals surface area contributed by atoms with Gasteiger partial charge in [-0.3, -0.25) is 0 Å². The molecule has 0 spiro atoms. The van der Waals surface area contributed by atoms with Crippen LogP contribution in [0.3, 0.4) is 0 Å². The minimum Gasteiger partial charge on any atom is -0.381 e. The molecule has 1 aliphatic rings. The van der Waals surface area contributed by atoms with Gasteiger partial charge in [-0.15, -0.1) is 0 Å². The Morgan fingerprint density at radius 1 is 1.50 bits per heavy atom. The zero-order valence-electron chi connectivity index (χ0n) is 8.03. The lowest BCUT2D eigenvalue weighted by atomic mass is 10.2. The smallest absolute Gasteiger partial charge is 0.220 e. The summed E-state index contributed by atoms with van der Waals surface area (Å²) in [5.74, 6) is 0.922. The minimum absolute atomic E-state index is 0.352. The van der Waals surface area contributed by atoms with Gasteiger partial charge in [0, 0.05) is 19.0 Å². The fourth-order valence-corrected chi connectivity index (χ4v) is 1.42. The highest BCUT2D eigenvalue weighted by atomic mass is 15.0. The second-order valence-corrected chi connectivity index (χ2v) is 3.52. The van der Waals surface area contributed by atoms with Crippen LogP contribution in [0.4, 0.5) is 11.6 Å². The van der Waals surface area contributed by atoms with Gasteiger partial charge in [0.25, 0.3) is 0 Å². The third kappa shape index (κ3) is 1.93. The van der Waals surface area contributed by atoms with E-state index in [1.54, 1.807) is 6.20 Å². The summed E-state index contributed by atoms with van der Waals surface area (Å²) in [7, 11) is 0. The quantitative estimate of drug-likeness (QED) is 0.640. The van der Waals surface area contributed by atoms with Crippen LogP contribution in [0.1, 0.15) is 24.5 Å². The molecule has 1 aliphatic carbocycles. The molecule has 5 nitrogen and oxygen atoms in total. The van der Waals surface area contributed by atoms with Crippen LogP contribution < -0.4 is 16.8 Å². The second kappa shape index (κ2) is 3.79. The first-order valence-corrected chi connectivity index (χ1v) is 4.87. The van der Waals surface area contributed by atoms with E-state index in [0.29, 0.717) is 18.4 Å². The topological polar surface area (TPSA) is 89.8 Å². The highest BCUT2D eigenvalue weighted by Crippen LogP contribution is 2.42. The molecule has 0 aliphatic heterocycles. The van der Waals surface area contributed by atoms with Crippen LogP contribution in [-0.4, -0.2) is 23.1 Å². The lowest BCUT2D eigenvalue weighted by molar-refractivity contribution is 0.966. The number of hydrogen-bond acceptors (Lipinski definition) is 5. The Kier molecular flexibility index (Phi) is 2.49. The number of aromatic nitrogens is 2.